The second-order valence-corrected chi connectivity index (χ2v) is 5.06. The molecule has 2 bridgehead atoms. The summed E-state index contributed by atoms with van der Waals surface area (Å²) in [6.07, 6.45) is 3.95. The molecule has 1 aromatic heterocycles. The fourth-order valence-corrected chi connectivity index (χ4v) is 3.52. The minimum absolute atomic E-state index is 0.473. The second kappa shape index (κ2) is 4.19. The van der Waals surface area contributed by atoms with Crippen LogP contribution < -0.4 is 0 Å². The Morgan fingerprint density at radius 2 is 2.29 bits per heavy atom. The zero-order valence-corrected chi connectivity index (χ0v) is 10.3. The lowest BCUT2D eigenvalue weighted by molar-refractivity contribution is 0.128. The molecule has 0 amide bonds. The van der Waals surface area contributed by atoms with E-state index >= 15 is 0 Å². The number of rotatable bonds is 4. The zero-order chi connectivity index (χ0) is 11.8. The summed E-state index contributed by atoms with van der Waals surface area (Å²) in [7, 11) is 0. The van der Waals surface area contributed by atoms with E-state index in [1.807, 2.05) is 6.92 Å². The lowest BCUT2D eigenvalue weighted by Crippen LogP contribution is -2.09. The number of fused-ring (bicyclic) bond motifs is 5. The van der Waals surface area contributed by atoms with Gasteiger partial charge in [-0.25, -0.2) is 0 Å². The summed E-state index contributed by atoms with van der Waals surface area (Å²) in [6, 6.07) is 4.57. The quantitative estimate of drug-likeness (QED) is 0.797. The zero-order valence-electron chi connectivity index (χ0n) is 10.3. The maximum absolute atomic E-state index is 8.98. The van der Waals surface area contributed by atoms with E-state index in [0.717, 1.165) is 12.5 Å². The van der Waals surface area contributed by atoms with Crippen molar-refractivity contribution in [3.8, 4) is 6.07 Å². The summed E-state index contributed by atoms with van der Waals surface area (Å²) in [4.78, 5) is 0. The maximum atomic E-state index is 8.98. The summed E-state index contributed by atoms with van der Waals surface area (Å²) in [5.74, 6) is 1.47. The molecule has 1 fully saturated rings. The predicted molar refractivity (Wildman–Crippen MR) is 64.7 cm³/mol. The van der Waals surface area contributed by atoms with Crippen LogP contribution in [0.2, 0.25) is 0 Å². The molecule has 2 aliphatic carbocycles. The van der Waals surface area contributed by atoms with Crippen LogP contribution in [0.15, 0.2) is 6.07 Å². The number of nitriles is 1. The third kappa shape index (κ3) is 1.59. The van der Waals surface area contributed by atoms with Crippen LogP contribution in [0.1, 0.15) is 55.0 Å². The van der Waals surface area contributed by atoms with E-state index in [9.17, 15) is 0 Å². The van der Waals surface area contributed by atoms with Gasteiger partial charge in [0, 0.05) is 23.9 Å². The van der Waals surface area contributed by atoms with Crippen molar-refractivity contribution in [2.24, 2.45) is 0 Å². The van der Waals surface area contributed by atoms with E-state index in [4.69, 9.17) is 10.00 Å². The lowest BCUT2D eigenvalue weighted by atomic mass is 9.98. The van der Waals surface area contributed by atoms with Gasteiger partial charge in [-0.05, 0) is 43.7 Å². The molecule has 0 spiro atoms. The normalized spacial score (nSPS) is 24.9. The average molecular weight is 230 g/mol. The van der Waals surface area contributed by atoms with Gasteiger partial charge in [-0.3, -0.25) is 0 Å². The highest BCUT2D eigenvalue weighted by molar-refractivity contribution is 5.41. The summed E-state index contributed by atoms with van der Waals surface area (Å²) >= 11 is 0. The van der Waals surface area contributed by atoms with Gasteiger partial charge in [0.1, 0.15) is 6.54 Å². The second-order valence-electron chi connectivity index (χ2n) is 5.06. The van der Waals surface area contributed by atoms with Gasteiger partial charge in [-0.1, -0.05) is 0 Å². The van der Waals surface area contributed by atoms with Gasteiger partial charge < -0.3 is 9.30 Å². The SMILES string of the molecule is CCOCc1cc2c(n1CC#N)C1CCC2C1. The van der Waals surface area contributed by atoms with Crippen LogP contribution in [0, 0.1) is 11.3 Å². The summed E-state index contributed by atoms with van der Waals surface area (Å²) < 4.78 is 7.71. The fourth-order valence-electron chi connectivity index (χ4n) is 3.52. The molecule has 3 nitrogen and oxygen atoms in total. The topological polar surface area (TPSA) is 38.0 Å². The van der Waals surface area contributed by atoms with Crippen molar-refractivity contribution in [1.29, 1.82) is 5.26 Å². The molecule has 3 rings (SSSR count). The monoisotopic (exact) mass is 230 g/mol. The number of hydrogen-bond acceptors (Lipinski definition) is 2. The van der Waals surface area contributed by atoms with Crippen molar-refractivity contribution in [2.45, 2.75) is 51.2 Å². The van der Waals surface area contributed by atoms with E-state index in [1.54, 1.807) is 0 Å². The van der Waals surface area contributed by atoms with Gasteiger partial charge in [0.15, 0.2) is 0 Å². The van der Waals surface area contributed by atoms with Gasteiger partial charge in [-0.2, -0.15) is 5.26 Å². The average Bonchev–Trinajstić information content (AvgIpc) is 2.99. The Morgan fingerprint density at radius 3 is 3.06 bits per heavy atom. The molecular weight excluding hydrogens is 212 g/mol. The summed E-state index contributed by atoms with van der Waals surface area (Å²) in [6.45, 7) is 3.86. The van der Waals surface area contributed by atoms with Gasteiger partial charge in [-0.15, -0.1) is 0 Å². The van der Waals surface area contributed by atoms with Crippen molar-refractivity contribution in [1.82, 2.24) is 4.57 Å². The van der Waals surface area contributed by atoms with Crippen LogP contribution in [-0.4, -0.2) is 11.2 Å². The van der Waals surface area contributed by atoms with Crippen LogP contribution in [0.25, 0.3) is 0 Å². The lowest BCUT2D eigenvalue weighted by Gasteiger charge is -2.15. The number of ether oxygens (including phenoxy) is 1. The van der Waals surface area contributed by atoms with Crippen LogP contribution >= 0.6 is 0 Å². The first-order chi connectivity index (χ1) is 8.35. The van der Waals surface area contributed by atoms with Gasteiger partial charge in [0.25, 0.3) is 0 Å². The van der Waals surface area contributed by atoms with Crippen LogP contribution in [0.4, 0.5) is 0 Å². The molecule has 0 aromatic carbocycles. The number of nitrogens with zero attached hydrogens (tertiary/aromatic N) is 2. The minimum Gasteiger partial charge on any atom is -0.376 e. The molecular formula is C14H18N2O. The molecule has 3 heteroatoms. The third-order valence-corrected chi connectivity index (χ3v) is 4.20. The molecule has 17 heavy (non-hydrogen) atoms. The van der Waals surface area contributed by atoms with E-state index < -0.39 is 0 Å². The van der Waals surface area contributed by atoms with Crippen LogP contribution in [0.5, 0.6) is 0 Å². The Morgan fingerprint density at radius 1 is 1.47 bits per heavy atom. The van der Waals surface area contributed by atoms with E-state index in [0.29, 0.717) is 19.1 Å². The Labute approximate surface area is 102 Å². The fraction of sp³-hybridized carbons (Fsp3) is 0.643. The molecule has 0 saturated heterocycles. The molecule has 0 radical (unpaired) electrons. The first kappa shape index (κ1) is 10.9. The molecule has 1 saturated carbocycles. The molecule has 0 aliphatic heterocycles. The van der Waals surface area contributed by atoms with Crippen molar-refractivity contribution in [3.63, 3.8) is 0 Å². The standard InChI is InChI=1S/C14H18N2O/c1-2-17-9-12-8-13-10-3-4-11(7-10)14(13)16(12)6-5-15/h8,10-11H,2-4,6-7,9H2,1H3. The van der Waals surface area contributed by atoms with Gasteiger partial charge in [0.05, 0.1) is 12.7 Å². The summed E-state index contributed by atoms with van der Waals surface area (Å²) in [5.41, 5.74) is 4.14. The highest BCUT2D eigenvalue weighted by Gasteiger charge is 2.40. The van der Waals surface area contributed by atoms with Crippen LogP contribution in [0.3, 0.4) is 0 Å². The van der Waals surface area contributed by atoms with Gasteiger partial charge >= 0.3 is 0 Å². The number of aromatic nitrogens is 1. The van der Waals surface area contributed by atoms with Crippen molar-refractivity contribution in [3.05, 3.63) is 23.0 Å². The van der Waals surface area contributed by atoms with E-state index in [1.165, 1.54) is 36.2 Å². The molecule has 0 N–H and O–H groups in total. The van der Waals surface area contributed by atoms with Crippen LogP contribution in [-0.2, 0) is 17.9 Å². The largest absolute Gasteiger partial charge is 0.376 e. The molecule has 1 heterocycles. The van der Waals surface area contributed by atoms with Crippen molar-refractivity contribution in [2.75, 3.05) is 6.61 Å². The highest BCUT2D eigenvalue weighted by Crippen LogP contribution is 2.54. The molecule has 2 aliphatic rings. The number of hydrogen-bond donors (Lipinski definition) is 0. The predicted octanol–water partition coefficient (Wildman–Crippen LogP) is 2.91. The Bertz CT molecular complexity index is 469. The third-order valence-electron chi connectivity index (χ3n) is 4.20. The Hall–Kier alpha value is -1.27. The van der Waals surface area contributed by atoms with Gasteiger partial charge in [0.2, 0.25) is 0 Å². The van der Waals surface area contributed by atoms with E-state index in [-0.39, 0.29) is 0 Å². The molecule has 90 valence electrons. The Balaban J connectivity index is 1.98. The molecule has 2 unspecified atom stereocenters. The smallest absolute Gasteiger partial charge is 0.110 e. The maximum Gasteiger partial charge on any atom is 0.110 e. The highest BCUT2D eigenvalue weighted by atomic mass is 16.5. The van der Waals surface area contributed by atoms with E-state index in [2.05, 4.69) is 16.7 Å². The summed E-state index contributed by atoms with van der Waals surface area (Å²) in [5, 5.41) is 8.98. The first-order valence-corrected chi connectivity index (χ1v) is 6.52. The molecule has 1 aromatic rings. The minimum atomic E-state index is 0.473. The van der Waals surface area contributed by atoms with Crippen molar-refractivity contribution < 1.29 is 4.74 Å². The first-order valence-electron chi connectivity index (χ1n) is 6.52. The Kier molecular flexibility index (Phi) is 2.68. The molecule has 2 atom stereocenters. The van der Waals surface area contributed by atoms with Crippen molar-refractivity contribution >= 4 is 0 Å².